The molecule has 0 saturated heterocycles. The topological polar surface area (TPSA) is 17.8 Å². The van der Waals surface area contributed by atoms with Gasteiger partial charge in [-0.1, -0.05) is 48.6 Å². The second kappa shape index (κ2) is 6.01. The van der Waals surface area contributed by atoms with Crippen LogP contribution in [0.2, 0.25) is 0 Å². The van der Waals surface area contributed by atoms with E-state index in [9.17, 15) is 0 Å². The molecule has 0 N–H and O–H groups in total. The Bertz CT molecular complexity index is 518. The molecule has 1 heterocycles. The first-order chi connectivity index (χ1) is 8.83. The minimum absolute atomic E-state index is 0.808. The number of benzene rings is 1. The summed E-state index contributed by atoms with van der Waals surface area (Å²) in [5.74, 6) is 0. The predicted octanol–water partition coefficient (Wildman–Crippen LogP) is 4.00. The summed E-state index contributed by atoms with van der Waals surface area (Å²) in [5.41, 5.74) is 3.44. The molecule has 2 aromatic rings. The molecule has 18 heavy (non-hydrogen) atoms. The lowest BCUT2D eigenvalue weighted by atomic mass is 10.2. The summed E-state index contributed by atoms with van der Waals surface area (Å²) < 4.78 is 1.99. The van der Waals surface area contributed by atoms with Crippen LogP contribution in [-0.4, -0.2) is 9.78 Å². The van der Waals surface area contributed by atoms with Gasteiger partial charge in [0.1, 0.15) is 0 Å². The summed E-state index contributed by atoms with van der Waals surface area (Å²) in [6.45, 7) is 4.84. The van der Waals surface area contributed by atoms with Gasteiger partial charge in [-0.15, -0.1) is 0 Å². The van der Waals surface area contributed by atoms with Crippen LogP contribution >= 0.6 is 0 Å². The average molecular weight is 238 g/mol. The molecule has 0 aliphatic rings. The van der Waals surface area contributed by atoms with Crippen molar-refractivity contribution >= 4 is 12.2 Å². The second-order valence-electron chi connectivity index (χ2n) is 4.15. The van der Waals surface area contributed by atoms with Crippen molar-refractivity contribution in [2.45, 2.75) is 20.4 Å². The van der Waals surface area contributed by atoms with E-state index in [4.69, 9.17) is 0 Å². The zero-order chi connectivity index (χ0) is 12.8. The van der Waals surface area contributed by atoms with Gasteiger partial charge in [-0.3, -0.25) is 4.68 Å². The van der Waals surface area contributed by atoms with Crippen LogP contribution in [0.25, 0.3) is 12.2 Å². The third kappa shape index (κ3) is 2.98. The van der Waals surface area contributed by atoms with Crippen molar-refractivity contribution in [3.63, 3.8) is 0 Å². The maximum atomic E-state index is 4.59. The molecule has 0 atom stereocenters. The molecular formula is C16H18N2. The summed E-state index contributed by atoms with van der Waals surface area (Å²) in [5, 5.41) is 4.59. The van der Waals surface area contributed by atoms with E-state index in [-0.39, 0.29) is 0 Å². The second-order valence-corrected chi connectivity index (χ2v) is 4.15. The van der Waals surface area contributed by atoms with Crippen LogP contribution in [0.15, 0.2) is 48.7 Å². The summed E-state index contributed by atoms with van der Waals surface area (Å²) in [7, 11) is 0. The van der Waals surface area contributed by atoms with E-state index in [1.807, 2.05) is 42.8 Å². The fourth-order valence-electron chi connectivity index (χ4n) is 1.90. The van der Waals surface area contributed by atoms with Gasteiger partial charge in [0.2, 0.25) is 0 Å². The van der Waals surface area contributed by atoms with Gasteiger partial charge in [0.05, 0.1) is 12.2 Å². The van der Waals surface area contributed by atoms with E-state index in [0.29, 0.717) is 0 Å². The lowest BCUT2D eigenvalue weighted by Crippen LogP contribution is -1.99. The monoisotopic (exact) mass is 238 g/mol. The highest BCUT2D eigenvalue weighted by atomic mass is 15.3. The maximum absolute atomic E-state index is 4.59. The van der Waals surface area contributed by atoms with Crippen LogP contribution in [0.1, 0.15) is 30.7 Å². The molecule has 0 fully saturated rings. The molecule has 2 nitrogen and oxygen atoms in total. The van der Waals surface area contributed by atoms with Crippen molar-refractivity contribution in [1.82, 2.24) is 9.78 Å². The van der Waals surface area contributed by atoms with Crippen LogP contribution in [0.5, 0.6) is 0 Å². The van der Waals surface area contributed by atoms with Crippen molar-refractivity contribution in [3.8, 4) is 0 Å². The first-order valence-corrected chi connectivity index (χ1v) is 6.20. The molecule has 0 radical (unpaired) electrons. The highest BCUT2D eigenvalue weighted by Crippen LogP contribution is 2.12. The summed E-state index contributed by atoms with van der Waals surface area (Å²) in [6.07, 6.45) is 10.3. The fraction of sp³-hybridized carbons (Fsp3) is 0.188. The molecule has 0 bridgehead atoms. The van der Waals surface area contributed by atoms with Gasteiger partial charge in [0.25, 0.3) is 0 Å². The number of aromatic nitrogens is 2. The van der Waals surface area contributed by atoms with Crippen molar-refractivity contribution in [3.05, 3.63) is 65.5 Å². The maximum Gasteiger partial charge on any atom is 0.0920 e. The highest BCUT2D eigenvalue weighted by molar-refractivity contribution is 5.61. The third-order valence-corrected chi connectivity index (χ3v) is 2.68. The van der Waals surface area contributed by atoms with Gasteiger partial charge in [-0.25, -0.2) is 0 Å². The van der Waals surface area contributed by atoms with Crippen LogP contribution in [0.3, 0.4) is 0 Å². The summed E-state index contributed by atoms with van der Waals surface area (Å²) >= 11 is 0. The van der Waals surface area contributed by atoms with Crippen LogP contribution in [0, 0.1) is 0 Å². The zero-order valence-electron chi connectivity index (χ0n) is 10.9. The summed E-state index contributed by atoms with van der Waals surface area (Å²) in [4.78, 5) is 0. The minimum Gasteiger partial charge on any atom is -0.267 e. The van der Waals surface area contributed by atoms with Crippen molar-refractivity contribution < 1.29 is 0 Å². The first kappa shape index (κ1) is 12.4. The fourth-order valence-corrected chi connectivity index (χ4v) is 1.90. The van der Waals surface area contributed by atoms with Crippen molar-refractivity contribution in [2.24, 2.45) is 0 Å². The normalized spacial score (nSPS) is 11.7. The molecule has 1 aromatic heterocycles. The largest absolute Gasteiger partial charge is 0.267 e. The number of hydrogen-bond acceptors (Lipinski definition) is 1. The van der Waals surface area contributed by atoms with Gasteiger partial charge in [0.15, 0.2) is 0 Å². The SMILES string of the molecule is CC=Cc1cn(Cc2ccccc2)nc1/C=C\C. The van der Waals surface area contributed by atoms with Gasteiger partial charge in [-0.05, 0) is 25.5 Å². The molecule has 1 aromatic carbocycles. The molecule has 0 unspecified atom stereocenters. The Morgan fingerprint density at radius 1 is 1.06 bits per heavy atom. The molecule has 0 spiro atoms. The third-order valence-electron chi connectivity index (χ3n) is 2.68. The Labute approximate surface area is 108 Å². The number of hydrogen-bond donors (Lipinski definition) is 0. The van der Waals surface area contributed by atoms with Crippen LogP contribution in [-0.2, 0) is 6.54 Å². The zero-order valence-corrected chi connectivity index (χ0v) is 10.9. The molecule has 0 amide bonds. The standard InChI is InChI=1S/C16H18N2/c1-3-8-15-13-18(17-16(15)9-4-2)12-14-10-6-5-7-11-14/h3-11,13H,12H2,1-2H3/b8-3?,9-4-. The van der Waals surface area contributed by atoms with E-state index < -0.39 is 0 Å². The van der Waals surface area contributed by atoms with Gasteiger partial charge < -0.3 is 0 Å². The molecule has 0 saturated carbocycles. The molecular weight excluding hydrogens is 220 g/mol. The Kier molecular flexibility index (Phi) is 4.13. The van der Waals surface area contributed by atoms with Crippen LogP contribution < -0.4 is 0 Å². The number of allylic oxidation sites excluding steroid dienone is 2. The number of rotatable bonds is 4. The molecule has 92 valence electrons. The van der Waals surface area contributed by atoms with Gasteiger partial charge in [-0.2, -0.15) is 5.10 Å². The smallest absolute Gasteiger partial charge is 0.0920 e. The molecule has 0 aliphatic carbocycles. The Hall–Kier alpha value is -2.09. The Balaban J connectivity index is 2.27. The lowest BCUT2D eigenvalue weighted by Gasteiger charge is -2.00. The molecule has 2 rings (SSSR count). The molecule has 0 aliphatic heterocycles. The van der Waals surface area contributed by atoms with Crippen molar-refractivity contribution in [2.75, 3.05) is 0 Å². The van der Waals surface area contributed by atoms with Crippen molar-refractivity contribution in [1.29, 1.82) is 0 Å². The van der Waals surface area contributed by atoms with Gasteiger partial charge in [0, 0.05) is 11.8 Å². The first-order valence-electron chi connectivity index (χ1n) is 6.20. The lowest BCUT2D eigenvalue weighted by molar-refractivity contribution is 0.684. The van der Waals surface area contributed by atoms with E-state index in [1.54, 1.807) is 0 Å². The molecule has 2 heteroatoms. The Morgan fingerprint density at radius 2 is 1.78 bits per heavy atom. The van der Waals surface area contributed by atoms with Crippen LogP contribution in [0.4, 0.5) is 0 Å². The summed E-state index contributed by atoms with van der Waals surface area (Å²) in [6, 6.07) is 10.4. The average Bonchev–Trinajstić information content (AvgIpc) is 2.74. The van der Waals surface area contributed by atoms with E-state index >= 15 is 0 Å². The predicted molar refractivity (Wildman–Crippen MR) is 77.2 cm³/mol. The van der Waals surface area contributed by atoms with E-state index in [1.165, 1.54) is 5.56 Å². The highest BCUT2D eigenvalue weighted by Gasteiger charge is 2.03. The van der Waals surface area contributed by atoms with E-state index in [0.717, 1.165) is 17.8 Å². The minimum atomic E-state index is 0.808. The number of nitrogens with zero attached hydrogens (tertiary/aromatic N) is 2. The van der Waals surface area contributed by atoms with E-state index in [2.05, 4.69) is 41.6 Å². The quantitative estimate of drug-likeness (QED) is 0.787. The Morgan fingerprint density at radius 3 is 2.44 bits per heavy atom. The van der Waals surface area contributed by atoms with Gasteiger partial charge >= 0.3 is 0 Å².